The van der Waals surface area contributed by atoms with Gasteiger partial charge in [0.1, 0.15) is 11.6 Å². The average Bonchev–Trinajstić information content (AvgIpc) is 2.50. The molecule has 0 aliphatic carbocycles. The summed E-state index contributed by atoms with van der Waals surface area (Å²) < 4.78 is 11.4. The Morgan fingerprint density at radius 3 is 2.54 bits per heavy atom. The number of aromatic nitrogens is 1. The summed E-state index contributed by atoms with van der Waals surface area (Å²) in [6.07, 6.45) is 0. The molecule has 0 radical (unpaired) electrons. The number of nitrogens with one attached hydrogen (secondary N) is 1. The highest BCUT2D eigenvalue weighted by Gasteiger charge is 2.36. The maximum atomic E-state index is 6.17. The van der Waals surface area contributed by atoms with Crippen LogP contribution in [0.25, 0.3) is 10.9 Å². The molecule has 132 valence electrons. The van der Waals surface area contributed by atoms with Gasteiger partial charge in [0, 0.05) is 18.0 Å². The lowest BCUT2D eigenvalue weighted by Crippen LogP contribution is -2.41. The van der Waals surface area contributed by atoms with Gasteiger partial charge in [-0.2, -0.15) is 0 Å². The predicted octanol–water partition coefficient (Wildman–Crippen LogP) is 4.26. The lowest BCUT2D eigenvalue weighted by atomic mass is 10.2. The van der Waals surface area contributed by atoms with Gasteiger partial charge in [-0.1, -0.05) is 20.8 Å². The van der Waals surface area contributed by atoms with E-state index < -0.39 is 8.32 Å². The maximum absolute atomic E-state index is 6.17. The number of anilines is 2. The second kappa shape index (κ2) is 6.99. The van der Waals surface area contributed by atoms with Crippen LogP contribution in [0.2, 0.25) is 18.1 Å². The molecule has 0 fully saturated rings. The molecule has 0 saturated heterocycles. The van der Waals surface area contributed by atoms with Crippen molar-refractivity contribution < 1.29 is 9.16 Å². The summed E-state index contributed by atoms with van der Waals surface area (Å²) in [4.78, 5) is 4.62. The Morgan fingerprint density at radius 2 is 1.92 bits per heavy atom. The summed E-state index contributed by atoms with van der Waals surface area (Å²) in [5, 5.41) is 4.55. The zero-order valence-corrected chi connectivity index (χ0v) is 16.6. The van der Waals surface area contributed by atoms with Crippen LogP contribution >= 0.6 is 0 Å². The molecule has 1 aromatic heterocycles. The quantitative estimate of drug-likeness (QED) is 0.464. The molecule has 2 aromatic rings. The van der Waals surface area contributed by atoms with E-state index in [2.05, 4.69) is 44.2 Å². The number of hydrogen-bond donors (Lipinski definition) is 2. The predicted molar refractivity (Wildman–Crippen MR) is 104 cm³/mol. The van der Waals surface area contributed by atoms with E-state index in [-0.39, 0.29) is 5.04 Å². The standard InChI is InChI=1S/C18H29N3O2Si/c1-18(2,3)24(5,6)23-10-9-20-17-8-7-13-11-14(19)16(22-4)12-15(13)21-17/h7-8,11-12H,9-10,19H2,1-6H3,(H,20,21). The van der Waals surface area contributed by atoms with E-state index in [0.717, 1.165) is 23.3 Å². The van der Waals surface area contributed by atoms with Crippen molar-refractivity contribution in [2.45, 2.75) is 38.9 Å². The summed E-state index contributed by atoms with van der Waals surface area (Å²) in [6.45, 7) is 12.7. The summed E-state index contributed by atoms with van der Waals surface area (Å²) in [7, 11) is -0.0874. The second-order valence-corrected chi connectivity index (χ2v) is 12.3. The molecule has 0 aliphatic heterocycles. The van der Waals surface area contributed by atoms with Crippen molar-refractivity contribution in [3.8, 4) is 5.75 Å². The lowest BCUT2D eigenvalue weighted by molar-refractivity contribution is 0.301. The summed E-state index contributed by atoms with van der Waals surface area (Å²) in [6, 6.07) is 7.71. The van der Waals surface area contributed by atoms with Gasteiger partial charge in [0.2, 0.25) is 0 Å². The van der Waals surface area contributed by atoms with Gasteiger partial charge in [0.15, 0.2) is 8.32 Å². The molecule has 0 atom stereocenters. The van der Waals surface area contributed by atoms with E-state index in [1.165, 1.54) is 0 Å². The van der Waals surface area contributed by atoms with Gasteiger partial charge in [-0.3, -0.25) is 0 Å². The zero-order valence-electron chi connectivity index (χ0n) is 15.6. The molecule has 0 spiro atoms. The highest BCUT2D eigenvalue weighted by Crippen LogP contribution is 2.36. The SMILES string of the molecule is COc1cc2nc(NCCO[Si](C)(C)C(C)(C)C)ccc2cc1N. The molecule has 2 rings (SSSR count). The molecule has 24 heavy (non-hydrogen) atoms. The molecular weight excluding hydrogens is 318 g/mol. The van der Waals surface area contributed by atoms with Crippen LogP contribution in [0.3, 0.4) is 0 Å². The number of nitrogens with two attached hydrogens (primary N) is 1. The average molecular weight is 348 g/mol. The molecule has 0 aliphatic rings. The number of nitrogen functional groups attached to an aromatic ring is 1. The van der Waals surface area contributed by atoms with E-state index in [1.54, 1.807) is 7.11 Å². The van der Waals surface area contributed by atoms with Crippen molar-refractivity contribution in [1.29, 1.82) is 0 Å². The number of benzene rings is 1. The molecular formula is C18H29N3O2Si. The molecule has 3 N–H and O–H groups in total. The minimum atomic E-state index is -1.70. The van der Waals surface area contributed by atoms with Crippen LogP contribution in [0.1, 0.15) is 20.8 Å². The van der Waals surface area contributed by atoms with E-state index in [4.69, 9.17) is 14.9 Å². The smallest absolute Gasteiger partial charge is 0.192 e. The topological polar surface area (TPSA) is 69.4 Å². The molecule has 0 amide bonds. The minimum Gasteiger partial charge on any atom is -0.495 e. The normalized spacial score (nSPS) is 12.4. The van der Waals surface area contributed by atoms with Crippen molar-refractivity contribution in [1.82, 2.24) is 4.98 Å². The zero-order chi connectivity index (χ0) is 18.0. The fourth-order valence-electron chi connectivity index (χ4n) is 2.15. The van der Waals surface area contributed by atoms with E-state index in [9.17, 15) is 0 Å². The second-order valence-electron chi connectivity index (χ2n) is 7.52. The number of methoxy groups -OCH3 is 1. The number of rotatable bonds is 6. The maximum Gasteiger partial charge on any atom is 0.192 e. The van der Waals surface area contributed by atoms with Gasteiger partial charge in [-0.15, -0.1) is 0 Å². The number of fused-ring (bicyclic) bond motifs is 1. The van der Waals surface area contributed by atoms with Crippen LogP contribution in [0.15, 0.2) is 24.3 Å². The van der Waals surface area contributed by atoms with Gasteiger partial charge in [-0.25, -0.2) is 4.98 Å². The van der Waals surface area contributed by atoms with Crippen molar-refractivity contribution in [2.75, 3.05) is 31.3 Å². The van der Waals surface area contributed by atoms with Crippen molar-refractivity contribution in [3.05, 3.63) is 24.3 Å². The largest absolute Gasteiger partial charge is 0.495 e. The first-order valence-electron chi connectivity index (χ1n) is 8.26. The van der Waals surface area contributed by atoms with E-state index in [0.29, 0.717) is 18.0 Å². The van der Waals surface area contributed by atoms with Crippen LogP contribution in [0, 0.1) is 0 Å². The third-order valence-corrected chi connectivity index (χ3v) is 9.26. The Kier molecular flexibility index (Phi) is 5.40. The Hall–Kier alpha value is -1.79. The molecule has 0 bridgehead atoms. The van der Waals surface area contributed by atoms with E-state index in [1.807, 2.05) is 24.3 Å². The first kappa shape index (κ1) is 18.5. The summed E-state index contributed by atoms with van der Waals surface area (Å²) in [5.74, 6) is 1.47. The van der Waals surface area contributed by atoms with Crippen molar-refractivity contribution in [2.24, 2.45) is 0 Å². The van der Waals surface area contributed by atoms with Crippen molar-refractivity contribution in [3.63, 3.8) is 0 Å². The number of nitrogens with zero attached hydrogens (tertiary/aromatic N) is 1. The van der Waals surface area contributed by atoms with E-state index >= 15 is 0 Å². The van der Waals surface area contributed by atoms with Crippen LogP contribution in [-0.2, 0) is 4.43 Å². The first-order chi connectivity index (χ1) is 11.1. The first-order valence-corrected chi connectivity index (χ1v) is 11.2. The summed E-state index contributed by atoms with van der Waals surface area (Å²) in [5.41, 5.74) is 7.41. The fourth-order valence-corrected chi connectivity index (χ4v) is 3.19. The molecule has 0 unspecified atom stereocenters. The van der Waals surface area contributed by atoms with Crippen LogP contribution in [0.4, 0.5) is 11.5 Å². The third-order valence-electron chi connectivity index (χ3n) is 4.72. The monoisotopic (exact) mass is 347 g/mol. The Labute approximate surface area is 145 Å². The van der Waals surface area contributed by atoms with Crippen LogP contribution in [-0.4, -0.2) is 33.6 Å². The minimum absolute atomic E-state index is 0.227. The molecule has 1 heterocycles. The Balaban J connectivity index is 2.00. The number of hydrogen-bond acceptors (Lipinski definition) is 5. The summed E-state index contributed by atoms with van der Waals surface area (Å²) >= 11 is 0. The molecule has 1 aromatic carbocycles. The number of pyridine rings is 1. The third kappa shape index (κ3) is 4.18. The molecule has 6 heteroatoms. The van der Waals surface area contributed by atoms with Crippen molar-refractivity contribution >= 4 is 30.7 Å². The lowest BCUT2D eigenvalue weighted by Gasteiger charge is -2.36. The van der Waals surface area contributed by atoms with Gasteiger partial charge < -0.3 is 20.2 Å². The highest BCUT2D eigenvalue weighted by molar-refractivity contribution is 6.74. The van der Waals surface area contributed by atoms with Gasteiger partial charge in [0.25, 0.3) is 0 Å². The Morgan fingerprint density at radius 1 is 1.21 bits per heavy atom. The highest BCUT2D eigenvalue weighted by atomic mass is 28.4. The van der Waals surface area contributed by atoms with Gasteiger partial charge in [-0.05, 0) is 36.3 Å². The van der Waals surface area contributed by atoms with Gasteiger partial charge in [0.05, 0.1) is 24.9 Å². The van der Waals surface area contributed by atoms with Crippen LogP contribution < -0.4 is 15.8 Å². The molecule has 0 saturated carbocycles. The van der Waals surface area contributed by atoms with Crippen LogP contribution in [0.5, 0.6) is 5.75 Å². The van der Waals surface area contributed by atoms with Gasteiger partial charge >= 0.3 is 0 Å². The number of ether oxygens (including phenoxy) is 1. The molecule has 5 nitrogen and oxygen atoms in total. The fraction of sp³-hybridized carbons (Fsp3) is 0.500. The Bertz CT molecular complexity index is 711.